The zero-order chi connectivity index (χ0) is 19.6. The number of amides is 2. The molecule has 2 amide bonds. The predicted molar refractivity (Wildman–Crippen MR) is 103 cm³/mol. The number of piperidine rings is 1. The topological polar surface area (TPSA) is 61.4 Å². The Morgan fingerprint density at radius 2 is 1.70 bits per heavy atom. The van der Waals surface area contributed by atoms with Gasteiger partial charge in [0.05, 0.1) is 6.54 Å². The van der Waals surface area contributed by atoms with Crippen molar-refractivity contribution in [2.45, 2.75) is 64.1 Å². The van der Waals surface area contributed by atoms with E-state index in [-0.39, 0.29) is 23.2 Å². The van der Waals surface area contributed by atoms with Crippen LogP contribution in [-0.2, 0) is 4.79 Å². The fraction of sp³-hybridized carbons (Fsp3) is 0.619. The molecule has 0 aliphatic carbocycles. The number of benzene rings is 1. The Labute approximate surface area is 160 Å². The van der Waals surface area contributed by atoms with Crippen LogP contribution in [-0.4, -0.2) is 47.4 Å². The number of carbonyl (C=O) groups excluding carboxylic acids is 2. The molecule has 27 heavy (non-hydrogen) atoms. The zero-order valence-electron chi connectivity index (χ0n) is 16.4. The molecule has 2 aliphatic heterocycles. The summed E-state index contributed by atoms with van der Waals surface area (Å²) < 4.78 is 13.0. The standard InChI is InChI=1S/C21H30FN3O2/c1-21(2,3)24-19(26)13-25-17-8-9-18(25)11-14(10-17)12-23-20(27)15-4-6-16(22)7-5-15/h4-7,14,17-18H,8-13H2,1-3H3,(H,23,27)(H,24,26). The fourth-order valence-electron chi connectivity index (χ4n) is 4.38. The molecule has 6 heteroatoms. The van der Waals surface area contributed by atoms with Crippen molar-refractivity contribution in [3.05, 3.63) is 35.6 Å². The Bertz CT molecular complexity index is 670. The largest absolute Gasteiger partial charge is 0.352 e. The molecule has 0 saturated carbocycles. The highest BCUT2D eigenvalue weighted by atomic mass is 19.1. The Kier molecular flexibility index (Phi) is 5.84. The van der Waals surface area contributed by atoms with E-state index in [4.69, 9.17) is 0 Å². The van der Waals surface area contributed by atoms with E-state index in [0.29, 0.717) is 36.7 Å². The summed E-state index contributed by atoms with van der Waals surface area (Å²) >= 11 is 0. The highest BCUT2D eigenvalue weighted by Gasteiger charge is 2.41. The van der Waals surface area contributed by atoms with Gasteiger partial charge in [0, 0.05) is 29.7 Å². The Morgan fingerprint density at radius 1 is 1.11 bits per heavy atom. The molecule has 3 rings (SSSR count). The molecule has 2 unspecified atom stereocenters. The SMILES string of the molecule is CC(C)(C)NC(=O)CN1C2CCC1CC(CNC(=O)c1ccc(F)cc1)C2. The van der Waals surface area contributed by atoms with Crippen molar-refractivity contribution in [2.75, 3.05) is 13.1 Å². The van der Waals surface area contributed by atoms with Crippen LogP contribution < -0.4 is 10.6 Å². The molecule has 0 spiro atoms. The maximum absolute atomic E-state index is 13.0. The molecule has 2 fully saturated rings. The number of hydrogen-bond acceptors (Lipinski definition) is 3. The monoisotopic (exact) mass is 375 g/mol. The molecule has 2 atom stereocenters. The molecular formula is C21H30FN3O2. The van der Waals surface area contributed by atoms with Gasteiger partial charge in [0.25, 0.3) is 5.91 Å². The second kappa shape index (κ2) is 7.97. The van der Waals surface area contributed by atoms with Gasteiger partial charge in [-0.05, 0) is 76.6 Å². The molecule has 2 bridgehead atoms. The van der Waals surface area contributed by atoms with Gasteiger partial charge >= 0.3 is 0 Å². The van der Waals surface area contributed by atoms with Crippen LogP contribution in [0.2, 0.25) is 0 Å². The molecular weight excluding hydrogens is 345 g/mol. The highest BCUT2D eigenvalue weighted by molar-refractivity contribution is 5.94. The number of fused-ring (bicyclic) bond motifs is 2. The fourth-order valence-corrected chi connectivity index (χ4v) is 4.38. The van der Waals surface area contributed by atoms with Crippen molar-refractivity contribution in [1.82, 2.24) is 15.5 Å². The van der Waals surface area contributed by atoms with Crippen LogP contribution in [0.5, 0.6) is 0 Å². The lowest BCUT2D eigenvalue weighted by atomic mass is 9.90. The summed E-state index contributed by atoms with van der Waals surface area (Å²) in [6.45, 7) is 7.08. The van der Waals surface area contributed by atoms with Gasteiger partial charge in [-0.2, -0.15) is 0 Å². The van der Waals surface area contributed by atoms with Crippen LogP contribution in [0.15, 0.2) is 24.3 Å². The predicted octanol–water partition coefficient (Wildman–Crippen LogP) is 2.71. The number of nitrogens with one attached hydrogen (secondary N) is 2. The lowest BCUT2D eigenvalue weighted by Gasteiger charge is -2.39. The number of nitrogens with zero attached hydrogens (tertiary/aromatic N) is 1. The molecule has 1 aromatic carbocycles. The molecule has 5 nitrogen and oxygen atoms in total. The number of rotatable bonds is 5. The van der Waals surface area contributed by atoms with Gasteiger partial charge in [-0.15, -0.1) is 0 Å². The van der Waals surface area contributed by atoms with Gasteiger partial charge in [-0.3, -0.25) is 14.5 Å². The second-order valence-corrected chi connectivity index (χ2v) is 8.91. The van der Waals surface area contributed by atoms with E-state index in [2.05, 4.69) is 15.5 Å². The van der Waals surface area contributed by atoms with Crippen molar-refractivity contribution in [1.29, 1.82) is 0 Å². The van der Waals surface area contributed by atoms with E-state index >= 15 is 0 Å². The van der Waals surface area contributed by atoms with E-state index in [9.17, 15) is 14.0 Å². The number of carbonyl (C=O) groups is 2. The van der Waals surface area contributed by atoms with Gasteiger partial charge < -0.3 is 10.6 Å². The van der Waals surface area contributed by atoms with Gasteiger partial charge in [0.2, 0.25) is 5.91 Å². The third-order valence-corrected chi connectivity index (χ3v) is 5.48. The number of halogens is 1. The highest BCUT2D eigenvalue weighted by Crippen LogP contribution is 2.38. The van der Waals surface area contributed by atoms with E-state index < -0.39 is 0 Å². The first-order valence-corrected chi connectivity index (χ1v) is 9.82. The smallest absolute Gasteiger partial charge is 0.251 e. The minimum atomic E-state index is -0.342. The summed E-state index contributed by atoms with van der Waals surface area (Å²) in [6, 6.07) is 6.45. The van der Waals surface area contributed by atoms with Gasteiger partial charge in [-0.1, -0.05) is 0 Å². The van der Waals surface area contributed by atoms with Gasteiger partial charge in [-0.25, -0.2) is 4.39 Å². The van der Waals surface area contributed by atoms with Gasteiger partial charge in [0.1, 0.15) is 5.82 Å². The van der Waals surface area contributed by atoms with Crippen molar-refractivity contribution < 1.29 is 14.0 Å². The summed E-state index contributed by atoms with van der Waals surface area (Å²) in [5.41, 5.74) is 0.273. The Hall–Kier alpha value is -1.95. The summed E-state index contributed by atoms with van der Waals surface area (Å²) in [6.07, 6.45) is 4.25. The average Bonchev–Trinajstić information content (AvgIpc) is 2.80. The first kappa shape index (κ1) is 19.8. The third kappa shape index (κ3) is 5.28. The third-order valence-electron chi connectivity index (χ3n) is 5.48. The second-order valence-electron chi connectivity index (χ2n) is 8.91. The minimum Gasteiger partial charge on any atom is -0.352 e. The lowest BCUT2D eigenvalue weighted by Crippen LogP contribution is -2.52. The number of hydrogen-bond donors (Lipinski definition) is 2. The van der Waals surface area contributed by atoms with Crippen molar-refractivity contribution in [3.63, 3.8) is 0 Å². The summed E-state index contributed by atoms with van der Waals surface area (Å²) in [5.74, 6) is 0.0108. The van der Waals surface area contributed by atoms with E-state index in [1.807, 2.05) is 20.8 Å². The Morgan fingerprint density at radius 3 is 2.26 bits per heavy atom. The van der Waals surface area contributed by atoms with E-state index in [1.165, 1.54) is 24.3 Å². The molecule has 1 aromatic rings. The molecule has 0 aromatic heterocycles. The minimum absolute atomic E-state index is 0.0856. The van der Waals surface area contributed by atoms with Crippen LogP contribution >= 0.6 is 0 Å². The first-order valence-electron chi connectivity index (χ1n) is 9.82. The Balaban J connectivity index is 1.49. The normalized spacial score (nSPS) is 25.3. The van der Waals surface area contributed by atoms with Crippen molar-refractivity contribution in [3.8, 4) is 0 Å². The first-order chi connectivity index (χ1) is 12.7. The quantitative estimate of drug-likeness (QED) is 0.832. The molecule has 0 radical (unpaired) electrons. The molecule has 2 aliphatic rings. The van der Waals surface area contributed by atoms with Crippen LogP contribution in [0.25, 0.3) is 0 Å². The van der Waals surface area contributed by atoms with Crippen LogP contribution in [0.4, 0.5) is 4.39 Å². The van der Waals surface area contributed by atoms with E-state index in [1.54, 1.807) is 0 Å². The maximum Gasteiger partial charge on any atom is 0.251 e. The van der Waals surface area contributed by atoms with Crippen molar-refractivity contribution >= 4 is 11.8 Å². The maximum atomic E-state index is 13.0. The average molecular weight is 375 g/mol. The summed E-state index contributed by atoms with van der Waals surface area (Å²) in [7, 11) is 0. The van der Waals surface area contributed by atoms with Crippen LogP contribution in [0, 0.1) is 11.7 Å². The van der Waals surface area contributed by atoms with E-state index in [0.717, 1.165) is 25.7 Å². The lowest BCUT2D eigenvalue weighted by molar-refractivity contribution is -0.125. The zero-order valence-corrected chi connectivity index (χ0v) is 16.4. The molecule has 148 valence electrons. The summed E-state index contributed by atoms with van der Waals surface area (Å²) in [5, 5.41) is 6.03. The molecule has 2 heterocycles. The summed E-state index contributed by atoms with van der Waals surface area (Å²) in [4.78, 5) is 26.9. The molecule has 2 saturated heterocycles. The van der Waals surface area contributed by atoms with Crippen LogP contribution in [0.3, 0.4) is 0 Å². The van der Waals surface area contributed by atoms with Crippen LogP contribution in [0.1, 0.15) is 56.8 Å². The van der Waals surface area contributed by atoms with Gasteiger partial charge in [0.15, 0.2) is 0 Å². The molecule has 2 N–H and O–H groups in total. The van der Waals surface area contributed by atoms with Crippen molar-refractivity contribution in [2.24, 2.45) is 5.92 Å².